The van der Waals surface area contributed by atoms with Crippen LogP contribution in [-0.4, -0.2) is 49.8 Å². The fourth-order valence-electron chi connectivity index (χ4n) is 3.59. The summed E-state index contributed by atoms with van der Waals surface area (Å²) in [5, 5.41) is 27.8. The van der Waals surface area contributed by atoms with Crippen LogP contribution in [0.15, 0.2) is 53.8 Å². The fraction of sp³-hybridized carbons (Fsp3) is 0.350. The number of hydrogen-bond donors (Lipinski definition) is 4. The predicted molar refractivity (Wildman–Crippen MR) is 114 cm³/mol. The molecule has 4 rings (SSSR count). The molecule has 1 aliphatic carbocycles. The molecule has 2 aliphatic rings. The van der Waals surface area contributed by atoms with Crippen molar-refractivity contribution in [3.8, 4) is 0 Å². The first-order valence-corrected chi connectivity index (χ1v) is 10.6. The molecule has 0 bridgehead atoms. The highest BCUT2D eigenvalue weighted by Crippen LogP contribution is 2.41. The van der Waals surface area contributed by atoms with E-state index in [1.807, 2.05) is 24.3 Å². The van der Waals surface area contributed by atoms with E-state index in [-0.39, 0.29) is 17.6 Å². The van der Waals surface area contributed by atoms with E-state index in [0.717, 1.165) is 11.3 Å². The number of nitrogens with one attached hydrogen (secondary N) is 2. The van der Waals surface area contributed by atoms with Crippen LogP contribution in [0.25, 0.3) is 0 Å². The molecule has 5 atom stereocenters. The highest BCUT2D eigenvalue weighted by atomic mass is 35.5. The van der Waals surface area contributed by atoms with Crippen molar-refractivity contribution in [1.29, 1.82) is 0 Å². The molecule has 1 aromatic carbocycles. The monoisotopic (exact) mass is 432 g/mol. The Morgan fingerprint density at radius 1 is 1.24 bits per heavy atom. The maximum Gasteiger partial charge on any atom is 0.224 e. The second kappa shape index (κ2) is 8.71. The van der Waals surface area contributed by atoms with Gasteiger partial charge >= 0.3 is 0 Å². The molecule has 1 amide bonds. The minimum atomic E-state index is -1.00. The topological polar surface area (TPSA) is 107 Å². The van der Waals surface area contributed by atoms with Crippen molar-refractivity contribution in [3.63, 3.8) is 0 Å². The van der Waals surface area contributed by atoms with E-state index < -0.39 is 24.2 Å². The third kappa shape index (κ3) is 4.56. The molecule has 0 unspecified atom stereocenters. The first-order valence-electron chi connectivity index (χ1n) is 9.31. The first-order chi connectivity index (χ1) is 14.0. The number of halogens is 1. The summed E-state index contributed by atoms with van der Waals surface area (Å²) in [6.45, 7) is 0.362. The number of aliphatic hydroxyl groups excluding tert-OH is 2. The molecule has 1 aromatic heterocycles. The number of pyridine rings is 1. The smallest absolute Gasteiger partial charge is 0.224 e. The molecule has 2 aromatic rings. The van der Waals surface area contributed by atoms with E-state index in [2.05, 4.69) is 20.6 Å². The number of aliphatic hydroxyl groups is 2. The summed E-state index contributed by atoms with van der Waals surface area (Å²) in [6, 6.07) is 10.3. The number of anilines is 1. The number of carbonyl (C=O) groups is 1. The van der Waals surface area contributed by atoms with Gasteiger partial charge in [0.2, 0.25) is 5.91 Å². The summed E-state index contributed by atoms with van der Waals surface area (Å²) >= 11 is 7.34. The van der Waals surface area contributed by atoms with Gasteiger partial charge in [0, 0.05) is 34.9 Å². The second-order valence-corrected chi connectivity index (χ2v) is 8.72. The number of aromatic nitrogens is 1. The summed E-state index contributed by atoms with van der Waals surface area (Å²) in [4.78, 5) is 21.4. The zero-order valence-corrected chi connectivity index (χ0v) is 17.0. The van der Waals surface area contributed by atoms with Gasteiger partial charge in [-0.1, -0.05) is 29.4 Å². The lowest BCUT2D eigenvalue weighted by atomic mass is 9.81. The molecule has 7 nitrogen and oxygen atoms in total. The lowest BCUT2D eigenvalue weighted by Gasteiger charge is -2.37. The normalized spacial score (nSPS) is 28.4. The summed E-state index contributed by atoms with van der Waals surface area (Å²) in [7, 11) is 0. The van der Waals surface area contributed by atoms with Crippen LogP contribution in [0.1, 0.15) is 12.0 Å². The predicted octanol–water partition coefficient (Wildman–Crippen LogP) is 2.04. The second-order valence-electron chi connectivity index (χ2n) is 7.12. The Balaban J connectivity index is 1.45. The molecular formula is C20H21ClN4O3S. The molecule has 0 spiro atoms. The number of thioether (sulfide) groups is 1. The maximum atomic E-state index is 12.8. The van der Waals surface area contributed by atoms with Crippen molar-refractivity contribution in [2.45, 2.75) is 36.5 Å². The van der Waals surface area contributed by atoms with Crippen LogP contribution in [0.3, 0.4) is 0 Å². The van der Waals surface area contributed by atoms with Gasteiger partial charge in [-0.3, -0.25) is 14.8 Å². The van der Waals surface area contributed by atoms with Crippen LogP contribution in [-0.2, 0) is 11.3 Å². The average Bonchev–Trinajstić information content (AvgIpc) is 3.15. The number of nitrogens with zero attached hydrogens (tertiary/aromatic N) is 2. The largest absolute Gasteiger partial charge is 0.390 e. The van der Waals surface area contributed by atoms with Gasteiger partial charge in [-0.05, 0) is 42.3 Å². The van der Waals surface area contributed by atoms with Gasteiger partial charge in [-0.25, -0.2) is 0 Å². The van der Waals surface area contributed by atoms with Crippen LogP contribution < -0.4 is 10.6 Å². The highest BCUT2D eigenvalue weighted by molar-refractivity contribution is 8.15. The molecule has 152 valence electrons. The maximum absolute atomic E-state index is 12.8. The van der Waals surface area contributed by atoms with Crippen molar-refractivity contribution in [3.05, 3.63) is 59.4 Å². The molecule has 1 fully saturated rings. The van der Waals surface area contributed by atoms with E-state index in [1.54, 1.807) is 24.5 Å². The van der Waals surface area contributed by atoms with Gasteiger partial charge in [-0.2, -0.15) is 0 Å². The van der Waals surface area contributed by atoms with Gasteiger partial charge in [0.25, 0.3) is 0 Å². The van der Waals surface area contributed by atoms with Crippen LogP contribution >= 0.6 is 23.4 Å². The Morgan fingerprint density at radius 3 is 2.76 bits per heavy atom. The molecule has 1 saturated carbocycles. The minimum absolute atomic E-state index is 0.162. The quantitative estimate of drug-likeness (QED) is 0.589. The van der Waals surface area contributed by atoms with Crippen molar-refractivity contribution < 1.29 is 15.0 Å². The van der Waals surface area contributed by atoms with E-state index >= 15 is 0 Å². The fourth-order valence-corrected chi connectivity index (χ4v) is 5.09. The molecule has 0 saturated heterocycles. The Morgan fingerprint density at radius 2 is 2.03 bits per heavy atom. The van der Waals surface area contributed by atoms with Crippen LogP contribution in [0.4, 0.5) is 5.69 Å². The van der Waals surface area contributed by atoms with E-state index in [4.69, 9.17) is 11.6 Å². The van der Waals surface area contributed by atoms with Crippen molar-refractivity contribution in [1.82, 2.24) is 10.3 Å². The Labute approximate surface area is 177 Å². The Bertz CT molecular complexity index is 896. The summed E-state index contributed by atoms with van der Waals surface area (Å²) < 4.78 is 0. The Hall–Kier alpha value is -2.13. The summed E-state index contributed by atoms with van der Waals surface area (Å²) in [5.74, 6) is -0.626. The molecule has 9 heteroatoms. The zero-order chi connectivity index (χ0) is 20.4. The van der Waals surface area contributed by atoms with Gasteiger partial charge in [0.15, 0.2) is 5.17 Å². The van der Waals surface area contributed by atoms with E-state index in [9.17, 15) is 15.0 Å². The van der Waals surface area contributed by atoms with E-state index in [0.29, 0.717) is 16.7 Å². The lowest BCUT2D eigenvalue weighted by Crippen LogP contribution is -2.53. The van der Waals surface area contributed by atoms with Gasteiger partial charge < -0.3 is 20.8 Å². The Kier molecular flexibility index (Phi) is 6.05. The first kappa shape index (κ1) is 20.2. The summed E-state index contributed by atoms with van der Waals surface area (Å²) in [5.41, 5.74) is 1.71. The van der Waals surface area contributed by atoms with Crippen LogP contribution in [0.5, 0.6) is 0 Å². The molecular weight excluding hydrogens is 412 g/mol. The number of amides is 1. The number of fused-ring (bicyclic) bond motifs is 1. The van der Waals surface area contributed by atoms with E-state index in [1.165, 1.54) is 11.8 Å². The number of hydrogen-bond acceptors (Lipinski definition) is 7. The number of aliphatic imine (C=N–C) groups is 1. The van der Waals surface area contributed by atoms with Crippen LogP contribution in [0, 0.1) is 5.92 Å². The molecule has 29 heavy (non-hydrogen) atoms. The van der Waals surface area contributed by atoms with Gasteiger partial charge in [-0.15, -0.1) is 0 Å². The third-order valence-electron chi connectivity index (χ3n) is 5.11. The third-order valence-corrected chi connectivity index (χ3v) is 6.67. The number of benzene rings is 1. The van der Waals surface area contributed by atoms with Crippen molar-refractivity contribution in [2.24, 2.45) is 10.9 Å². The van der Waals surface area contributed by atoms with Gasteiger partial charge in [0.05, 0.1) is 18.1 Å². The molecule has 0 radical (unpaired) electrons. The lowest BCUT2D eigenvalue weighted by molar-refractivity contribution is -0.129. The van der Waals surface area contributed by atoms with Crippen molar-refractivity contribution >= 4 is 40.1 Å². The van der Waals surface area contributed by atoms with Crippen LogP contribution in [0.2, 0.25) is 5.02 Å². The SMILES string of the molecule is O=C(NCc1cccnc1)[C@H]1C[C@@H](O)[C@H](O)[C@@H]2N=C(Nc3ccc(Cl)cc3)S[C@@H]21. The molecule has 4 N–H and O–H groups in total. The average molecular weight is 433 g/mol. The molecule has 2 heterocycles. The highest BCUT2D eigenvalue weighted by Gasteiger charge is 2.50. The summed E-state index contributed by atoms with van der Waals surface area (Å²) in [6.07, 6.45) is 1.57. The van der Waals surface area contributed by atoms with Gasteiger partial charge in [0.1, 0.15) is 6.10 Å². The number of carbonyl (C=O) groups excluding carboxylic acids is 1. The molecule has 1 aliphatic heterocycles. The van der Waals surface area contributed by atoms with Crippen molar-refractivity contribution in [2.75, 3.05) is 5.32 Å². The minimum Gasteiger partial charge on any atom is -0.390 e. The zero-order valence-electron chi connectivity index (χ0n) is 15.4. The number of amidine groups is 1. The number of rotatable bonds is 4. The standard InChI is InChI=1S/C20H21ClN4O3S/c21-12-3-5-13(6-4-12)24-20-25-16-17(27)15(26)8-14(18(16)29-20)19(28)23-10-11-2-1-7-22-9-11/h1-7,9,14-18,26-27H,8,10H2,(H,23,28)(H,24,25)/t14-,15+,16-,17-,18+/m0/s1.